The molecule has 0 rings (SSSR count). The van der Waals surface area contributed by atoms with Crippen molar-refractivity contribution >= 4 is 5.97 Å². The van der Waals surface area contributed by atoms with E-state index < -0.39 is 0 Å². The molecule has 0 aromatic heterocycles. The van der Waals surface area contributed by atoms with Gasteiger partial charge in [-0.3, -0.25) is 4.48 Å². The monoisotopic (exact) mass is 212 g/mol. The average molecular weight is 212 g/mol. The lowest BCUT2D eigenvalue weighted by Crippen LogP contribution is -2.45. The molecular formula is C12H22NO2+. The van der Waals surface area contributed by atoms with E-state index in [2.05, 4.69) is 6.58 Å². The largest absolute Gasteiger partial charge is 0.409 e. The van der Waals surface area contributed by atoms with Crippen molar-refractivity contribution in [2.75, 3.05) is 21.1 Å². The molecule has 0 saturated heterocycles. The number of hydrogen-bond donors (Lipinski definition) is 0. The van der Waals surface area contributed by atoms with Gasteiger partial charge in [0, 0.05) is 12.5 Å². The zero-order valence-corrected chi connectivity index (χ0v) is 10.4. The Kier molecular flexibility index (Phi) is 5.29. The van der Waals surface area contributed by atoms with Crippen LogP contribution >= 0.6 is 0 Å². The van der Waals surface area contributed by atoms with Gasteiger partial charge in [-0.05, 0) is 13.3 Å². The zero-order chi connectivity index (χ0) is 12.1. The number of nitrogens with zero attached hydrogens (tertiary/aromatic N) is 1. The minimum Gasteiger partial charge on any atom is -0.409 e. The summed E-state index contributed by atoms with van der Waals surface area (Å²) in [4.78, 5) is 11.6. The van der Waals surface area contributed by atoms with Crippen LogP contribution in [0.25, 0.3) is 0 Å². The van der Waals surface area contributed by atoms with E-state index in [9.17, 15) is 4.79 Å². The Morgan fingerprint density at radius 3 is 2.40 bits per heavy atom. The molecule has 1 unspecified atom stereocenters. The van der Waals surface area contributed by atoms with Gasteiger partial charge in [0.15, 0.2) is 0 Å². The van der Waals surface area contributed by atoms with Crippen molar-refractivity contribution in [3.8, 4) is 0 Å². The number of esters is 1. The fourth-order valence-electron chi connectivity index (χ4n) is 0.749. The van der Waals surface area contributed by atoms with Crippen LogP contribution in [0.4, 0.5) is 0 Å². The number of rotatable bonds is 5. The Bertz CT molecular complexity index is 261. The number of carbonyl (C=O) groups is 1. The van der Waals surface area contributed by atoms with Gasteiger partial charge >= 0.3 is 5.97 Å². The summed E-state index contributed by atoms with van der Waals surface area (Å²) < 4.78 is 5.90. The predicted octanol–water partition coefficient (Wildman–Crippen LogP) is 2.10. The zero-order valence-electron chi connectivity index (χ0n) is 10.4. The fourth-order valence-corrected chi connectivity index (χ4v) is 0.749. The number of ether oxygens (including phenoxy) is 1. The number of carbonyl (C=O) groups excluding carboxylic acids is 1. The summed E-state index contributed by atoms with van der Waals surface area (Å²) in [6.45, 7) is 7.24. The normalized spacial score (nSPS) is 14.6. The lowest BCUT2D eigenvalue weighted by Gasteiger charge is -2.30. The van der Waals surface area contributed by atoms with E-state index in [1.165, 1.54) is 0 Å². The van der Waals surface area contributed by atoms with Gasteiger partial charge in [0.05, 0.1) is 21.1 Å². The van der Waals surface area contributed by atoms with E-state index in [-0.39, 0.29) is 12.2 Å². The van der Waals surface area contributed by atoms with Gasteiger partial charge in [0.2, 0.25) is 6.23 Å². The Balaban J connectivity index is 4.31. The number of quaternary nitrogens is 1. The standard InChI is InChI=1S/C12H22NO2/c1-7-8-9-10(2)12(14)15-11(3)13(4,5)6/h7,9,11H,1,8H2,2-6H3/q+1. The third-order valence-electron chi connectivity index (χ3n) is 2.28. The Morgan fingerprint density at radius 2 is 2.00 bits per heavy atom. The predicted molar refractivity (Wildman–Crippen MR) is 62.2 cm³/mol. The molecule has 0 N–H and O–H groups in total. The molecule has 0 aliphatic heterocycles. The van der Waals surface area contributed by atoms with Gasteiger partial charge in [-0.1, -0.05) is 12.2 Å². The molecule has 3 heteroatoms. The second kappa shape index (κ2) is 5.71. The van der Waals surface area contributed by atoms with Crippen LogP contribution < -0.4 is 0 Å². The van der Waals surface area contributed by atoms with Crippen LogP contribution in [-0.2, 0) is 9.53 Å². The molecule has 0 saturated carbocycles. The van der Waals surface area contributed by atoms with Crippen LogP contribution in [0.1, 0.15) is 20.3 Å². The molecule has 0 heterocycles. The molecule has 86 valence electrons. The highest BCUT2D eigenvalue weighted by Gasteiger charge is 2.22. The first-order valence-electron chi connectivity index (χ1n) is 5.08. The van der Waals surface area contributed by atoms with Gasteiger partial charge in [-0.2, -0.15) is 0 Å². The molecule has 0 aromatic rings. The number of hydrogen-bond acceptors (Lipinski definition) is 2. The molecule has 0 bridgehead atoms. The molecule has 15 heavy (non-hydrogen) atoms. The van der Waals surface area contributed by atoms with E-state index in [1.807, 2.05) is 34.1 Å². The second-order valence-electron chi connectivity index (χ2n) is 4.53. The van der Waals surface area contributed by atoms with Crippen LogP contribution in [0.2, 0.25) is 0 Å². The molecule has 0 aromatic carbocycles. The van der Waals surface area contributed by atoms with Crippen molar-refractivity contribution in [3.05, 3.63) is 24.3 Å². The molecule has 0 aliphatic carbocycles. The van der Waals surface area contributed by atoms with E-state index in [0.29, 0.717) is 16.5 Å². The molecule has 0 fully saturated rings. The smallest absolute Gasteiger partial charge is 0.337 e. The molecule has 0 radical (unpaired) electrons. The first kappa shape index (κ1) is 13.9. The molecular weight excluding hydrogens is 190 g/mol. The summed E-state index contributed by atoms with van der Waals surface area (Å²) in [6.07, 6.45) is 4.11. The van der Waals surface area contributed by atoms with Crippen molar-refractivity contribution in [2.45, 2.75) is 26.5 Å². The maximum absolute atomic E-state index is 11.6. The van der Waals surface area contributed by atoms with Gasteiger partial charge in [-0.25, -0.2) is 4.79 Å². The van der Waals surface area contributed by atoms with Crippen molar-refractivity contribution in [2.24, 2.45) is 0 Å². The molecule has 0 aliphatic rings. The van der Waals surface area contributed by atoms with Gasteiger partial charge in [0.25, 0.3) is 0 Å². The topological polar surface area (TPSA) is 26.3 Å². The first-order valence-corrected chi connectivity index (χ1v) is 5.08. The summed E-state index contributed by atoms with van der Waals surface area (Å²) >= 11 is 0. The Labute approximate surface area is 92.6 Å². The number of allylic oxidation sites excluding steroid dienone is 2. The van der Waals surface area contributed by atoms with Crippen molar-refractivity contribution < 1.29 is 14.0 Å². The highest BCUT2D eigenvalue weighted by Crippen LogP contribution is 2.08. The molecule has 0 spiro atoms. The molecule has 1 atom stereocenters. The summed E-state index contributed by atoms with van der Waals surface area (Å²) in [5.74, 6) is -0.252. The lowest BCUT2D eigenvalue weighted by molar-refractivity contribution is -0.914. The van der Waals surface area contributed by atoms with Crippen molar-refractivity contribution in [3.63, 3.8) is 0 Å². The van der Waals surface area contributed by atoms with Crippen LogP contribution in [0.5, 0.6) is 0 Å². The van der Waals surface area contributed by atoms with Gasteiger partial charge in [-0.15, -0.1) is 6.58 Å². The van der Waals surface area contributed by atoms with Crippen LogP contribution in [0, 0.1) is 0 Å². The van der Waals surface area contributed by atoms with E-state index >= 15 is 0 Å². The minimum absolute atomic E-state index is 0.149. The summed E-state index contributed by atoms with van der Waals surface area (Å²) in [5.41, 5.74) is 0.634. The summed E-state index contributed by atoms with van der Waals surface area (Å²) in [7, 11) is 5.96. The van der Waals surface area contributed by atoms with Gasteiger partial charge in [0.1, 0.15) is 0 Å². The fraction of sp³-hybridized carbons (Fsp3) is 0.583. The van der Waals surface area contributed by atoms with E-state index in [4.69, 9.17) is 4.74 Å². The maximum Gasteiger partial charge on any atom is 0.337 e. The summed E-state index contributed by atoms with van der Waals surface area (Å²) in [6, 6.07) is 0. The molecule has 3 nitrogen and oxygen atoms in total. The van der Waals surface area contributed by atoms with Crippen LogP contribution in [0.15, 0.2) is 24.3 Å². The van der Waals surface area contributed by atoms with Crippen molar-refractivity contribution in [1.82, 2.24) is 0 Å². The third-order valence-corrected chi connectivity index (χ3v) is 2.28. The summed E-state index contributed by atoms with van der Waals surface area (Å²) in [5, 5.41) is 0. The highest BCUT2D eigenvalue weighted by atomic mass is 16.6. The first-order chi connectivity index (χ1) is 6.79. The quantitative estimate of drug-likeness (QED) is 0.229. The van der Waals surface area contributed by atoms with Crippen molar-refractivity contribution in [1.29, 1.82) is 0 Å². The SMILES string of the molecule is C=CCC=C(C)C(=O)OC(C)[N+](C)(C)C. The van der Waals surface area contributed by atoms with Gasteiger partial charge < -0.3 is 4.74 Å². The lowest BCUT2D eigenvalue weighted by atomic mass is 10.2. The van der Waals surface area contributed by atoms with E-state index in [1.54, 1.807) is 13.0 Å². The third kappa shape index (κ3) is 5.37. The molecule has 0 amide bonds. The van der Waals surface area contributed by atoms with Crippen LogP contribution in [0.3, 0.4) is 0 Å². The Hall–Kier alpha value is -1.09. The van der Waals surface area contributed by atoms with E-state index in [0.717, 1.165) is 0 Å². The highest BCUT2D eigenvalue weighted by molar-refractivity contribution is 5.87. The average Bonchev–Trinajstić information content (AvgIpc) is 2.12. The maximum atomic E-state index is 11.6. The second-order valence-corrected chi connectivity index (χ2v) is 4.53. The van der Waals surface area contributed by atoms with Crippen LogP contribution in [-0.4, -0.2) is 37.8 Å². The minimum atomic E-state index is -0.252. The Morgan fingerprint density at radius 1 is 1.47 bits per heavy atom.